The first kappa shape index (κ1) is 13.6. The molecule has 1 amide bonds. The van der Waals surface area contributed by atoms with Crippen LogP contribution >= 0.6 is 0 Å². The first-order valence-corrected chi connectivity index (χ1v) is 7.29. The zero-order valence-electron chi connectivity index (χ0n) is 12.2. The molecule has 0 aromatic carbocycles. The first-order chi connectivity index (χ1) is 9.65. The van der Waals surface area contributed by atoms with Crippen molar-refractivity contribution in [1.29, 1.82) is 0 Å². The van der Waals surface area contributed by atoms with Gasteiger partial charge in [0.2, 0.25) is 5.91 Å². The van der Waals surface area contributed by atoms with Crippen LogP contribution in [0.4, 0.5) is 0 Å². The van der Waals surface area contributed by atoms with Gasteiger partial charge in [0.25, 0.3) is 0 Å². The Kier molecular flexibility index (Phi) is 3.76. The van der Waals surface area contributed by atoms with E-state index < -0.39 is 0 Å². The van der Waals surface area contributed by atoms with Crippen LogP contribution in [0.15, 0.2) is 4.52 Å². The molecule has 0 saturated carbocycles. The number of piperazine rings is 1. The highest BCUT2D eigenvalue weighted by atomic mass is 16.5. The number of aryl methyl sites for hydroxylation is 2. The van der Waals surface area contributed by atoms with Crippen molar-refractivity contribution in [3.8, 4) is 0 Å². The van der Waals surface area contributed by atoms with Gasteiger partial charge in [-0.25, -0.2) is 0 Å². The summed E-state index contributed by atoms with van der Waals surface area (Å²) in [6.07, 6.45) is 0. The number of carbonyl (C=O) groups excluding carboxylic acids is 1. The highest BCUT2D eigenvalue weighted by molar-refractivity contribution is 5.80. The Morgan fingerprint density at radius 2 is 2.00 bits per heavy atom. The van der Waals surface area contributed by atoms with E-state index in [2.05, 4.69) is 15.4 Å². The Morgan fingerprint density at radius 1 is 1.30 bits per heavy atom. The molecule has 0 bridgehead atoms. The third kappa shape index (κ3) is 2.58. The van der Waals surface area contributed by atoms with Gasteiger partial charge in [-0.2, -0.15) is 0 Å². The topological polar surface area (TPSA) is 61.6 Å². The normalized spacial score (nSPS) is 21.0. The fourth-order valence-corrected chi connectivity index (χ4v) is 2.80. The van der Waals surface area contributed by atoms with E-state index in [1.807, 2.05) is 18.7 Å². The summed E-state index contributed by atoms with van der Waals surface area (Å²) in [5.41, 5.74) is 2.16. The lowest BCUT2D eigenvalue weighted by atomic mass is 10.0. The third-order valence-corrected chi connectivity index (χ3v) is 4.38. The average Bonchev–Trinajstić information content (AvgIpc) is 2.69. The molecule has 0 spiro atoms. The summed E-state index contributed by atoms with van der Waals surface area (Å²) in [6, 6.07) is 0. The van der Waals surface area contributed by atoms with Crippen molar-refractivity contribution in [2.24, 2.45) is 5.92 Å². The van der Waals surface area contributed by atoms with Gasteiger partial charge in [0.05, 0.1) is 11.6 Å². The number of nitrogens with one attached hydrogen (secondary N) is 1. The van der Waals surface area contributed by atoms with Gasteiger partial charge in [-0.05, 0) is 13.8 Å². The van der Waals surface area contributed by atoms with E-state index in [0.29, 0.717) is 5.91 Å². The second kappa shape index (κ2) is 5.54. The van der Waals surface area contributed by atoms with E-state index in [9.17, 15) is 4.79 Å². The summed E-state index contributed by atoms with van der Waals surface area (Å²) >= 11 is 0. The van der Waals surface area contributed by atoms with Crippen LogP contribution in [-0.2, 0) is 11.3 Å². The molecule has 2 aliphatic heterocycles. The van der Waals surface area contributed by atoms with Crippen LogP contribution in [-0.4, -0.2) is 60.1 Å². The van der Waals surface area contributed by atoms with Crippen LogP contribution in [0.2, 0.25) is 0 Å². The third-order valence-electron chi connectivity index (χ3n) is 4.38. The molecule has 0 radical (unpaired) electrons. The minimum absolute atomic E-state index is 0.212. The fraction of sp³-hybridized carbons (Fsp3) is 0.714. The largest absolute Gasteiger partial charge is 0.361 e. The average molecular weight is 278 g/mol. The summed E-state index contributed by atoms with van der Waals surface area (Å²) < 4.78 is 5.20. The molecule has 2 fully saturated rings. The number of amides is 1. The molecular weight excluding hydrogens is 256 g/mol. The van der Waals surface area contributed by atoms with Gasteiger partial charge in [0, 0.05) is 51.4 Å². The minimum Gasteiger partial charge on any atom is -0.361 e. The van der Waals surface area contributed by atoms with Gasteiger partial charge in [0.1, 0.15) is 5.76 Å². The smallest absolute Gasteiger partial charge is 0.228 e. The predicted molar refractivity (Wildman–Crippen MR) is 74.2 cm³/mol. The standard InChI is InChI=1S/C14H22N4O2/c1-10-13(11(2)20-16-10)9-17-3-5-18(6-4-17)14(19)12-7-15-8-12/h12,15H,3-9H2,1-2H3. The van der Waals surface area contributed by atoms with E-state index in [-0.39, 0.29) is 5.92 Å². The van der Waals surface area contributed by atoms with Crippen molar-refractivity contribution in [3.63, 3.8) is 0 Å². The lowest BCUT2D eigenvalue weighted by molar-refractivity contribution is -0.138. The van der Waals surface area contributed by atoms with Gasteiger partial charge in [-0.15, -0.1) is 0 Å². The van der Waals surface area contributed by atoms with Crippen LogP contribution in [0, 0.1) is 19.8 Å². The van der Waals surface area contributed by atoms with Crippen LogP contribution in [0.5, 0.6) is 0 Å². The molecule has 110 valence electrons. The number of hydrogen-bond acceptors (Lipinski definition) is 5. The maximum Gasteiger partial charge on any atom is 0.228 e. The molecule has 1 aromatic heterocycles. The Bertz CT molecular complexity index is 468. The summed E-state index contributed by atoms with van der Waals surface area (Å²) in [6.45, 7) is 10.0. The molecule has 20 heavy (non-hydrogen) atoms. The zero-order valence-corrected chi connectivity index (χ0v) is 12.2. The SMILES string of the molecule is Cc1noc(C)c1CN1CCN(C(=O)C2CNC2)CC1. The zero-order chi connectivity index (χ0) is 14.1. The molecule has 3 heterocycles. The molecule has 2 saturated heterocycles. The maximum absolute atomic E-state index is 12.2. The van der Waals surface area contributed by atoms with Crippen LogP contribution in [0.1, 0.15) is 17.0 Å². The molecule has 1 N–H and O–H groups in total. The van der Waals surface area contributed by atoms with E-state index in [1.54, 1.807) is 0 Å². The van der Waals surface area contributed by atoms with Crippen molar-refractivity contribution in [2.45, 2.75) is 20.4 Å². The number of hydrogen-bond donors (Lipinski definition) is 1. The van der Waals surface area contributed by atoms with E-state index in [4.69, 9.17) is 4.52 Å². The molecule has 2 aliphatic rings. The van der Waals surface area contributed by atoms with Crippen LogP contribution < -0.4 is 5.32 Å². The van der Waals surface area contributed by atoms with Gasteiger partial charge < -0.3 is 14.7 Å². The van der Waals surface area contributed by atoms with Crippen molar-refractivity contribution >= 4 is 5.91 Å². The molecule has 6 nitrogen and oxygen atoms in total. The van der Waals surface area contributed by atoms with E-state index in [0.717, 1.165) is 57.3 Å². The molecule has 0 atom stereocenters. The monoisotopic (exact) mass is 278 g/mol. The quantitative estimate of drug-likeness (QED) is 0.853. The van der Waals surface area contributed by atoms with Crippen LogP contribution in [0.25, 0.3) is 0 Å². The second-order valence-corrected chi connectivity index (χ2v) is 5.76. The first-order valence-electron chi connectivity index (χ1n) is 7.29. The molecule has 1 aromatic rings. The summed E-state index contributed by atoms with van der Waals surface area (Å²) in [5.74, 6) is 1.44. The number of rotatable bonds is 3. The van der Waals surface area contributed by atoms with Gasteiger partial charge in [0.15, 0.2) is 0 Å². The number of nitrogens with zero attached hydrogens (tertiary/aromatic N) is 3. The van der Waals surface area contributed by atoms with Crippen molar-refractivity contribution < 1.29 is 9.32 Å². The Hall–Kier alpha value is -1.40. The fourth-order valence-electron chi connectivity index (χ4n) is 2.80. The Labute approximate surface area is 119 Å². The van der Waals surface area contributed by atoms with Gasteiger partial charge >= 0.3 is 0 Å². The van der Waals surface area contributed by atoms with Gasteiger partial charge in [-0.1, -0.05) is 5.16 Å². The van der Waals surface area contributed by atoms with Crippen molar-refractivity contribution in [3.05, 3.63) is 17.0 Å². The second-order valence-electron chi connectivity index (χ2n) is 5.76. The van der Waals surface area contributed by atoms with Crippen molar-refractivity contribution in [1.82, 2.24) is 20.3 Å². The minimum atomic E-state index is 0.212. The van der Waals surface area contributed by atoms with Gasteiger partial charge in [-0.3, -0.25) is 9.69 Å². The number of aromatic nitrogens is 1. The van der Waals surface area contributed by atoms with Crippen LogP contribution in [0.3, 0.4) is 0 Å². The van der Waals surface area contributed by atoms with Crippen molar-refractivity contribution in [2.75, 3.05) is 39.3 Å². The highest BCUT2D eigenvalue weighted by Gasteiger charge is 2.31. The summed E-state index contributed by atoms with van der Waals surface area (Å²) in [5, 5.41) is 7.15. The molecule has 0 unspecified atom stereocenters. The lowest BCUT2D eigenvalue weighted by Crippen LogP contribution is -2.56. The summed E-state index contributed by atoms with van der Waals surface area (Å²) in [4.78, 5) is 16.5. The Morgan fingerprint density at radius 3 is 2.50 bits per heavy atom. The molecule has 0 aliphatic carbocycles. The molecule has 3 rings (SSSR count). The highest BCUT2D eigenvalue weighted by Crippen LogP contribution is 2.17. The predicted octanol–water partition coefficient (Wildman–Crippen LogP) is 0.155. The lowest BCUT2D eigenvalue weighted by Gasteiger charge is -2.38. The summed E-state index contributed by atoms with van der Waals surface area (Å²) in [7, 11) is 0. The Balaban J connectivity index is 1.52. The number of carbonyl (C=O) groups is 1. The molecular formula is C14H22N4O2. The van der Waals surface area contributed by atoms with E-state index >= 15 is 0 Å². The molecule has 6 heteroatoms. The van der Waals surface area contributed by atoms with E-state index in [1.165, 1.54) is 5.56 Å². The maximum atomic E-state index is 12.2.